The normalized spacial score (nSPS) is 13.8. The summed E-state index contributed by atoms with van der Waals surface area (Å²) in [6.07, 6.45) is 1.68. The Morgan fingerprint density at radius 3 is 2.24 bits per heavy atom. The van der Waals surface area contributed by atoms with Crippen LogP contribution in [0.3, 0.4) is 0 Å². The number of rotatable bonds is 8. The lowest BCUT2D eigenvalue weighted by molar-refractivity contribution is -0.129. The number of hydrogen-bond donors (Lipinski definition) is 0. The van der Waals surface area contributed by atoms with Crippen LogP contribution in [0.15, 0.2) is 111 Å². The minimum Gasteiger partial charge on any atom is -0.490 e. The van der Waals surface area contributed by atoms with Crippen molar-refractivity contribution in [1.82, 2.24) is 0 Å². The fourth-order valence-corrected chi connectivity index (χ4v) is 4.78. The highest BCUT2D eigenvalue weighted by Gasteiger charge is 2.24. The highest BCUT2D eigenvalue weighted by Crippen LogP contribution is 2.38. The molecule has 0 bridgehead atoms. The van der Waals surface area contributed by atoms with Crippen molar-refractivity contribution in [2.45, 2.75) is 13.5 Å². The van der Waals surface area contributed by atoms with Crippen molar-refractivity contribution in [3.05, 3.63) is 122 Å². The number of aliphatic imine (C=N–C) groups is 1. The number of benzene rings is 4. The number of carbonyl (C=O) groups excluding carboxylic acids is 1. The number of nitrogens with zero attached hydrogens (tertiary/aromatic N) is 1. The van der Waals surface area contributed by atoms with Crippen LogP contribution in [0.4, 0.5) is 0 Å². The van der Waals surface area contributed by atoms with Crippen LogP contribution in [0, 0.1) is 0 Å². The number of carbonyl (C=O) groups is 1. The first kappa shape index (κ1) is 25.9. The van der Waals surface area contributed by atoms with E-state index in [1.165, 1.54) is 0 Å². The highest BCUT2D eigenvalue weighted by atomic mass is 79.9. The van der Waals surface area contributed by atoms with Crippen LogP contribution in [0.5, 0.6) is 11.5 Å². The van der Waals surface area contributed by atoms with Crippen LogP contribution < -0.4 is 9.47 Å². The van der Waals surface area contributed by atoms with Crippen LogP contribution in [0.1, 0.15) is 23.6 Å². The van der Waals surface area contributed by atoms with Gasteiger partial charge in [0.15, 0.2) is 17.2 Å². The molecule has 0 spiro atoms. The second kappa shape index (κ2) is 11.8. The molecule has 1 aliphatic rings. The lowest BCUT2D eigenvalue weighted by Crippen LogP contribution is -2.05. The minimum atomic E-state index is -0.503. The van der Waals surface area contributed by atoms with Gasteiger partial charge in [0.2, 0.25) is 5.90 Å². The maximum Gasteiger partial charge on any atom is 0.363 e. The predicted molar refractivity (Wildman–Crippen MR) is 156 cm³/mol. The first-order valence-electron chi connectivity index (χ1n) is 12.0. The number of cyclic esters (lactones) is 1. The Labute approximate surface area is 238 Å². The summed E-state index contributed by atoms with van der Waals surface area (Å²) in [4.78, 5) is 17.1. The Morgan fingerprint density at radius 2 is 1.53 bits per heavy atom. The zero-order valence-corrected chi connectivity index (χ0v) is 23.7. The van der Waals surface area contributed by atoms with E-state index in [1.807, 2.05) is 85.8 Å². The smallest absolute Gasteiger partial charge is 0.363 e. The Morgan fingerprint density at radius 1 is 0.842 bits per heavy atom. The zero-order chi connectivity index (χ0) is 26.5. The standard InChI is InChI=1S/C31H23Br2NO4/c1-2-36-28-18-21(16-26(33)29(28)37-19-20-8-14-25(32)15-9-20)17-27-31(35)38-30(34-27)24-12-10-23(11-13-24)22-6-4-3-5-7-22/h3-18H,2,19H2,1H3/b27-17-. The molecule has 0 N–H and O–H groups in total. The van der Waals surface area contributed by atoms with E-state index in [4.69, 9.17) is 14.2 Å². The third kappa shape index (κ3) is 6.06. The van der Waals surface area contributed by atoms with E-state index in [1.54, 1.807) is 6.08 Å². The SMILES string of the molecule is CCOc1cc(/C=C2\N=C(c3ccc(-c4ccccc4)cc3)OC2=O)cc(Br)c1OCc1ccc(Br)cc1. The van der Waals surface area contributed by atoms with Crippen molar-refractivity contribution in [3.8, 4) is 22.6 Å². The van der Waals surface area contributed by atoms with Gasteiger partial charge in [0.1, 0.15) is 6.61 Å². The molecule has 4 aromatic carbocycles. The van der Waals surface area contributed by atoms with Crippen LogP contribution in [0.25, 0.3) is 17.2 Å². The van der Waals surface area contributed by atoms with Gasteiger partial charge in [-0.1, -0.05) is 70.5 Å². The van der Waals surface area contributed by atoms with Crippen LogP contribution in [-0.2, 0) is 16.1 Å². The molecule has 0 saturated carbocycles. The van der Waals surface area contributed by atoms with Gasteiger partial charge in [0.25, 0.3) is 0 Å². The van der Waals surface area contributed by atoms with E-state index in [2.05, 4.69) is 49.0 Å². The summed E-state index contributed by atoms with van der Waals surface area (Å²) in [7, 11) is 0. The molecule has 0 aromatic heterocycles. The fourth-order valence-electron chi connectivity index (χ4n) is 3.94. The van der Waals surface area contributed by atoms with Crippen LogP contribution in [0.2, 0.25) is 0 Å². The maximum absolute atomic E-state index is 12.6. The Balaban J connectivity index is 1.37. The molecule has 0 aliphatic carbocycles. The van der Waals surface area contributed by atoms with E-state index in [0.717, 1.165) is 32.3 Å². The average molecular weight is 633 g/mol. The van der Waals surface area contributed by atoms with Gasteiger partial charge in [-0.3, -0.25) is 0 Å². The van der Waals surface area contributed by atoms with Gasteiger partial charge in [-0.25, -0.2) is 9.79 Å². The number of hydrogen-bond acceptors (Lipinski definition) is 5. The first-order chi connectivity index (χ1) is 18.5. The van der Waals surface area contributed by atoms with Crippen molar-refractivity contribution >= 4 is 49.8 Å². The zero-order valence-electron chi connectivity index (χ0n) is 20.5. The summed E-state index contributed by atoms with van der Waals surface area (Å²) in [6.45, 7) is 2.76. The largest absolute Gasteiger partial charge is 0.490 e. The Bertz CT molecular complexity index is 1510. The first-order valence-corrected chi connectivity index (χ1v) is 13.6. The Kier molecular flexibility index (Phi) is 8.05. The molecular formula is C31H23Br2NO4. The highest BCUT2D eigenvalue weighted by molar-refractivity contribution is 9.10. The molecule has 0 atom stereocenters. The van der Waals surface area contributed by atoms with E-state index in [-0.39, 0.29) is 11.6 Å². The van der Waals surface area contributed by atoms with E-state index in [9.17, 15) is 4.79 Å². The van der Waals surface area contributed by atoms with Gasteiger partial charge >= 0.3 is 5.97 Å². The van der Waals surface area contributed by atoms with Crippen molar-refractivity contribution in [2.24, 2.45) is 4.99 Å². The van der Waals surface area contributed by atoms with Gasteiger partial charge in [-0.2, -0.15) is 0 Å². The van der Waals surface area contributed by atoms with Gasteiger partial charge in [-0.05, 0) is 87.6 Å². The molecule has 5 nitrogen and oxygen atoms in total. The average Bonchev–Trinajstić information content (AvgIpc) is 3.30. The van der Waals surface area contributed by atoms with Gasteiger partial charge < -0.3 is 14.2 Å². The van der Waals surface area contributed by atoms with Gasteiger partial charge in [0.05, 0.1) is 11.1 Å². The predicted octanol–water partition coefficient (Wildman–Crippen LogP) is 8.20. The van der Waals surface area contributed by atoms with E-state index < -0.39 is 5.97 Å². The summed E-state index contributed by atoms with van der Waals surface area (Å²) in [6, 6.07) is 29.5. The third-order valence-electron chi connectivity index (χ3n) is 5.79. The molecule has 1 heterocycles. The molecule has 1 aliphatic heterocycles. The molecule has 190 valence electrons. The molecule has 5 rings (SSSR count). The number of esters is 1. The fraction of sp³-hybridized carbons (Fsp3) is 0.0968. The quantitative estimate of drug-likeness (QED) is 0.145. The maximum atomic E-state index is 12.6. The van der Waals surface area contributed by atoms with E-state index >= 15 is 0 Å². The van der Waals surface area contributed by atoms with Crippen molar-refractivity contribution < 1.29 is 19.0 Å². The molecule has 0 saturated heterocycles. The third-order valence-corrected chi connectivity index (χ3v) is 6.91. The monoisotopic (exact) mass is 631 g/mol. The molecule has 4 aromatic rings. The Hall–Kier alpha value is -3.68. The van der Waals surface area contributed by atoms with Crippen LogP contribution in [-0.4, -0.2) is 18.5 Å². The molecule has 0 fully saturated rings. The summed E-state index contributed by atoms with van der Waals surface area (Å²) in [5, 5.41) is 0. The molecule has 0 radical (unpaired) electrons. The van der Waals surface area contributed by atoms with Crippen molar-refractivity contribution in [2.75, 3.05) is 6.61 Å². The second-order valence-corrected chi connectivity index (χ2v) is 10.2. The van der Waals surface area contributed by atoms with Gasteiger partial charge in [-0.15, -0.1) is 0 Å². The molecule has 0 unspecified atom stereocenters. The topological polar surface area (TPSA) is 57.1 Å². The van der Waals surface area contributed by atoms with E-state index in [0.29, 0.717) is 29.2 Å². The van der Waals surface area contributed by atoms with Gasteiger partial charge in [0, 0.05) is 10.0 Å². The molecular weight excluding hydrogens is 610 g/mol. The number of halogens is 2. The van der Waals surface area contributed by atoms with Crippen molar-refractivity contribution in [3.63, 3.8) is 0 Å². The molecule has 38 heavy (non-hydrogen) atoms. The molecule has 0 amide bonds. The summed E-state index contributed by atoms with van der Waals surface area (Å²) in [5.41, 5.74) is 4.89. The van der Waals surface area contributed by atoms with Crippen LogP contribution >= 0.6 is 31.9 Å². The molecule has 7 heteroatoms. The summed E-state index contributed by atoms with van der Waals surface area (Å²) in [5.74, 6) is 0.933. The lowest BCUT2D eigenvalue weighted by Gasteiger charge is -2.15. The minimum absolute atomic E-state index is 0.213. The lowest BCUT2D eigenvalue weighted by atomic mass is 10.0. The van der Waals surface area contributed by atoms with Crippen molar-refractivity contribution in [1.29, 1.82) is 0 Å². The second-order valence-electron chi connectivity index (χ2n) is 8.46. The summed E-state index contributed by atoms with van der Waals surface area (Å²) >= 11 is 7.04. The number of ether oxygens (including phenoxy) is 3. The summed E-state index contributed by atoms with van der Waals surface area (Å²) < 4.78 is 19.1.